The van der Waals surface area contributed by atoms with Gasteiger partial charge in [-0.05, 0) is 67.5 Å². The van der Waals surface area contributed by atoms with E-state index < -0.39 is 0 Å². The fraction of sp³-hybridized carbons (Fsp3) is 0.375. The number of aryl methyl sites for hydroxylation is 3. The van der Waals surface area contributed by atoms with Crippen molar-refractivity contribution < 1.29 is 4.74 Å². The Morgan fingerprint density at radius 1 is 1.16 bits per heavy atom. The molecule has 0 aliphatic rings. The van der Waals surface area contributed by atoms with Gasteiger partial charge < -0.3 is 10.5 Å². The van der Waals surface area contributed by atoms with E-state index in [1.807, 2.05) is 6.92 Å². The second kappa shape index (κ2) is 5.76. The molecule has 0 aliphatic carbocycles. The second-order valence-electron chi connectivity index (χ2n) is 4.76. The highest BCUT2D eigenvalue weighted by atomic mass is 32.1. The maximum absolute atomic E-state index is 5.85. The van der Waals surface area contributed by atoms with Crippen LogP contribution in [0.2, 0.25) is 0 Å². The van der Waals surface area contributed by atoms with E-state index in [1.54, 1.807) is 11.3 Å². The van der Waals surface area contributed by atoms with E-state index >= 15 is 0 Å². The number of benzene rings is 1. The lowest BCUT2D eigenvalue weighted by atomic mass is 9.95. The van der Waals surface area contributed by atoms with Crippen molar-refractivity contribution in [1.82, 2.24) is 0 Å². The third-order valence-electron chi connectivity index (χ3n) is 3.36. The van der Waals surface area contributed by atoms with Gasteiger partial charge in [-0.3, -0.25) is 0 Å². The van der Waals surface area contributed by atoms with Crippen LogP contribution < -0.4 is 10.5 Å². The van der Waals surface area contributed by atoms with Crippen LogP contribution in [-0.2, 0) is 6.54 Å². The average molecular weight is 275 g/mol. The first-order chi connectivity index (χ1) is 9.08. The van der Waals surface area contributed by atoms with E-state index in [2.05, 4.69) is 38.3 Å². The van der Waals surface area contributed by atoms with Crippen LogP contribution in [0, 0.1) is 20.8 Å². The predicted molar refractivity (Wildman–Crippen MR) is 83.0 cm³/mol. The molecule has 2 nitrogen and oxygen atoms in total. The summed E-state index contributed by atoms with van der Waals surface area (Å²) < 4.78 is 5.65. The third kappa shape index (κ3) is 2.67. The monoisotopic (exact) mass is 275 g/mol. The lowest BCUT2D eigenvalue weighted by Crippen LogP contribution is -1.99. The molecule has 1 aromatic heterocycles. The number of hydrogen-bond acceptors (Lipinski definition) is 3. The van der Waals surface area contributed by atoms with Gasteiger partial charge in [0.05, 0.1) is 6.61 Å². The normalized spacial score (nSPS) is 10.8. The van der Waals surface area contributed by atoms with Crippen molar-refractivity contribution in [2.75, 3.05) is 6.61 Å². The van der Waals surface area contributed by atoms with Gasteiger partial charge in [-0.1, -0.05) is 0 Å². The highest BCUT2D eigenvalue weighted by Gasteiger charge is 2.14. The first-order valence-electron chi connectivity index (χ1n) is 6.59. The lowest BCUT2D eigenvalue weighted by molar-refractivity contribution is 0.337. The van der Waals surface area contributed by atoms with E-state index in [4.69, 9.17) is 10.5 Å². The summed E-state index contributed by atoms with van der Waals surface area (Å²) in [4.78, 5) is 1.33. The molecule has 19 heavy (non-hydrogen) atoms. The molecule has 2 rings (SSSR count). The van der Waals surface area contributed by atoms with E-state index in [-0.39, 0.29) is 0 Å². The maximum atomic E-state index is 5.85. The maximum Gasteiger partial charge on any atom is 0.122 e. The van der Waals surface area contributed by atoms with Gasteiger partial charge >= 0.3 is 0 Å². The van der Waals surface area contributed by atoms with Gasteiger partial charge in [0.1, 0.15) is 5.75 Å². The average Bonchev–Trinajstić information content (AvgIpc) is 2.75. The van der Waals surface area contributed by atoms with Crippen molar-refractivity contribution in [3.8, 4) is 16.9 Å². The zero-order valence-electron chi connectivity index (χ0n) is 12.0. The number of hydrogen-bond donors (Lipinski definition) is 1. The minimum atomic E-state index is 0.589. The summed E-state index contributed by atoms with van der Waals surface area (Å²) in [5.74, 6) is 0.978. The molecule has 0 spiro atoms. The Labute approximate surface area is 119 Å². The predicted octanol–water partition coefficient (Wildman–Crippen LogP) is 4.20. The largest absolute Gasteiger partial charge is 0.494 e. The van der Waals surface area contributed by atoms with E-state index in [9.17, 15) is 0 Å². The summed E-state index contributed by atoms with van der Waals surface area (Å²) in [6.45, 7) is 9.69. The van der Waals surface area contributed by atoms with Crippen molar-refractivity contribution in [1.29, 1.82) is 0 Å². The Morgan fingerprint density at radius 3 is 2.53 bits per heavy atom. The van der Waals surface area contributed by atoms with Crippen LogP contribution in [0.15, 0.2) is 17.5 Å². The van der Waals surface area contributed by atoms with E-state index in [0.29, 0.717) is 13.2 Å². The quantitative estimate of drug-likeness (QED) is 0.907. The first-order valence-corrected chi connectivity index (χ1v) is 7.47. The van der Waals surface area contributed by atoms with Crippen LogP contribution in [0.1, 0.15) is 28.5 Å². The van der Waals surface area contributed by atoms with Gasteiger partial charge in [-0.15, -0.1) is 11.3 Å². The fourth-order valence-electron chi connectivity index (χ4n) is 2.39. The molecule has 3 heteroatoms. The van der Waals surface area contributed by atoms with Gasteiger partial charge in [0.25, 0.3) is 0 Å². The van der Waals surface area contributed by atoms with Crippen molar-refractivity contribution in [2.24, 2.45) is 5.73 Å². The topological polar surface area (TPSA) is 35.2 Å². The first kappa shape index (κ1) is 14.1. The van der Waals surface area contributed by atoms with Gasteiger partial charge in [0, 0.05) is 17.0 Å². The Hall–Kier alpha value is -1.32. The van der Waals surface area contributed by atoms with Crippen LogP contribution in [0.3, 0.4) is 0 Å². The lowest BCUT2D eigenvalue weighted by Gasteiger charge is -2.14. The SMILES string of the molecule is CCOc1cc(C)c(-c2c(CN)csc2C)cc1C. The Bertz CT molecular complexity index is 587. The second-order valence-corrected chi connectivity index (χ2v) is 5.85. The highest BCUT2D eigenvalue weighted by molar-refractivity contribution is 7.10. The van der Waals surface area contributed by atoms with Gasteiger partial charge in [-0.2, -0.15) is 0 Å². The number of nitrogens with two attached hydrogens (primary N) is 1. The highest BCUT2D eigenvalue weighted by Crippen LogP contribution is 2.37. The third-order valence-corrected chi connectivity index (χ3v) is 4.32. The van der Waals surface area contributed by atoms with Gasteiger partial charge in [0.15, 0.2) is 0 Å². The number of thiophene rings is 1. The Kier molecular flexibility index (Phi) is 4.27. The van der Waals surface area contributed by atoms with Crippen LogP contribution in [0.4, 0.5) is 0 Å². The van der Waals surface area contributed by atoms with Crippen molar-refractivity contribution in [3.05, 3.63) is 39.1 Å². The van der Waals surface area contributed by atoms with E-state index in [0.717, 1.165) is 5.75 Å². The molecule has 0 radical (unpaired) electrons. The number of ether oxygens (including phenoxy) is 1. The molecule has 0 bridgehead atoms. The number of rotatable bonds is 4. The zero-order chi connectivity index (χ0) is 14.0. The summed E-state index contributed by atoms with van der Waals surface area (Å²) in [5, 5.41) is 2.16. The van der Waals surface area contributed by atoms with Crippen molar-refractivity contribution in [3.63, 3.8) is 0 Å². The van der Waals surface area contributed by atoms with Crippen LogP contribution in [0.25, 0.3) is 11.1 Å². The summed E-state index contributed by atoms with van der Waals surface area (Å²) in [7, 11) is 0. The molecular weight excluding hydrogens is 254 g/mol. The molecule has 102 valence electrons. The Morgan fingerprint density at radius 2 is 1.89 bits per heavy atom. The van der Waals surface area contributed by atoms with E-state index in [1.165, 1.54) is 32.7 Å². The van der Waals surface area contributed by atoms with Gasteiger partial charge in [0.2, 0.25) is 0 Å². The summed E-state index contributed by atoms with van der Waals surface area (Å²) in [5.41, 5.74) is 12.1. The molecule has 0 aliphatic heterocycles. The fourth-order valence-corrected chi connectivity index (χ4v) is 3.28. The van der Waals surface area contributed by atoms with Gasteiger partial charge in [-0.25, -0.2) is 0 Å². The molecule has 2 aromatic rings. The molecule has 0 amide bonds. The molecule has 0 fully saturated rings. The minimum Gasteiger partial charge on any atom is -0.494 e. The molecule has 0 saturated carbocycles. The zero-order valence-corrected chi connectivity index (χ0v) is 12.9. The molecule has 0 unspecified atom stereocenters. The standard InChI is InChI=1S/C16H21NOS/c1-5-18-15-7-10(2)14(6-11(15)3)16-12(4)19-9-13(16)8-17/h6-7,9H,5,8,17H2,1-4H3. The molecule has 1 aromatic carbocycles. The van der Waals surface area contributed by atoms with Crippen LogP contribution in [0.5, 0.6) is 5.75 Å². The minimum absolute atomic E-state index is 0.589. The molecule has 1 heterocycles. The van der Waals surface area contributed by atoms with Crippen molar-refractivity contribution >= 4 is 11.3 Å². The molecule has 0 atom stereocenters. The summed E-state index contributed by atoms with van der Waals surface area (Å²) in [6.07, 6.45) is 0. The van der Waals surface area contributed by atoms with Crippen LogP contribution >= 0.6 is 11.3 Å². The van der Waals surface area contributed by atoms with Crippen molar-refractivity contribution in [2.45, 2.75) is 34.2 Å². The Balaban J connectivity index is 2.57. The summed E-state index contributed by atoms with van der Waals surface area (Å²) >= 11 is 1.77. The molecule has 0 saturated heterocycles. The molecular formula is C16H21NOS. The molecule has 2 N–H and O–H groups in total. The smallest absolute Gasteiger partial charge is 0.122 e. The summed E-state index contributed by atoms with van der Waals surface area (Å²) in [6, 6.07) is 4.35. The van der Waals surface area contributed by atoms with Crippen LogP contribution in [-0.4, -0.2) is 6.61 Å².